The van der Waals surface area contributed by atoms with Crippen molar-refractivity contribution in [2.45, 2.75) is 6.54 Å². The zero-order valence-electron chi connectivity index (χ0n) is 18.6. The summed E-state index contributed by atoms with van der Waals surface area (Å²) in [4.78, 5) is 19.7. The first kappa shape index (κ1) is 22.8. The van der Waals surface area contributed by atoms with Gasteiger partial charge in [0.15, 0.2) is 0 Å². The molecule has 0 saturated carbocycles. The van der Waals surface area contributed by atoms with Gasteiger partial charge >= 0.3 is 6.03 Å². The predicted octanol–water partition coefficient (Wildman–Crippen LogP) is 5.98. The fourth-order valence-corrected chi connectivity index (χ4v) is 4.72. The van der Waals surface area contributed by atoms with Crippen LogP contribution in [0, 0.1) is 3.57 Å². The van der Waals surface area contributed by atoms with Gasteiger partial charge in [0.2, 0.25) is 0 Å². The van der Waals surface area contributed by atoms with Gasteiger partial charge in [-0.25, -0.2) is 4.79 Å². The maximum atomic E-state index is 12.6. The van der Waals surface area contributed by atoms with Crippen LogP contribution in [0.5, 0.6) is 0 Å². The van der Waals surface area contributed by atoms with E-state index in [4.69, 9.17) is 9.72 Å². The smallest absolute Gasteiger partial charge is 0.323 e. The molecule has 0 atom stereocenters. The lowest BCUT2D eigenvalue weighted by atomic mass is 9.98. The van der Waals surface area contributed by atoms with Gasteiger partial charge in [-0.15, -0.1) is 0 Å². The standard InChI is InChI=1S/C27H25IN4O2/c28-20-4-3-5-21(16-20)30-27(33)31-26-11-10-23(24-6-1-2-7-25(24)26)19-8-9-22(29-17-19)18-32-12-14-34-15-13-32/h1-11,16-17H,12-15,18H2,(H2,30,31,33). The molecule has 3 aromatic carbocycles. The van der Waals surface area contributed by atoms with E-state index < -0.39 is 0 Å². The Morgan fingerprint density at radius 3 is 2.53 bits per heavy atom. The molecule has 1 aliphatic heterocycles. The quantitative estimate of drug-likeness (QED) is 0.293. The molecule has 0 bridgehead atoms. The minimum absolute atomic E-state index is 0.269. The minimum atomic E-state index is -0.269. The number of urea groups is 1. The first-order valence-corrected chi connectivity index (χ1v) is 12.3. The third-order valence-corrected chi connectivity index (χ3v) is 6.55. The average molecular weight is 564 g/mol. The van der Waals surface area contributed by atoms with Gasteiger partial charge in [0.1, 0.15) is 0 Å². The Labute approximate surface area is 212 Å². The Morgan fingerprint density at radius 1 is 0.941 bits per heavy atom. The van der Waals surface area contributed by atoms with E-state index in [0.717, 1.165) is 75.4 Å². The van der Waals surface area contributed by atoms with Gasteiger partial charge in [0.05, 0.1) is 24.6 Å². The van der Waals surface area contributed by atoms with Crippen molar-refractivity contribution in [3.63, 3.8) is 0 Å². The molecule has 172 valence electrons. The first-order chi connectivity index (χ1) is 16.7. The number of nitrogens with one attached hydrogen (secondary N) is 2. The lowest BCUT2D eigenvalue weighted by molar-refractivity contribution is 0.0336. The molecule has 1 aliphatic rings. The van der Waals surface area contributed by atoms with Gasteiger partial charge in [0.25, 0.3) is 0 Å². The molecule has 1 aromatic heterocycles. The van der Waals surface area contributed by atoms with Crippen LogP contribution in [0.2, 0.25) is 0 Å². The van der Waals surface area contributed by atoms with E-state index >= 15 is 0 Å². The SMILES string of the molecule is O=C(Nc1cccc(I)c1)Nc1ccc(-c2ccc(CN3CCOCC3)nc2)c2ccccc12. The van der Waals surface area contributed by atoms with E-state index in [1.807, 2.05) is 60.8 Å². The fraction of sp³-hybridized carbons (Fsp3) is 0.185. The topological polar surface area (TPSA) is 66.5 Å². The number of anilines is 2. The first-order valence-electron chi connectivity index (χ1n) is 11.3. The average Bonchev–Trinajstić information content (AvgIpc) is 2.85. The van der Waals surface area contributed by atoms with Gasteiger partial charge in [-0.3, -0.25) is 9.88 Å². The number of aromatic nitrogens is 1. The van der Waals surface area contributed by atoms with E-state index in [1.165, 1.54) is 0 Å². The number of nitrogens with zero attached hydrogens (tertiary/aromatic N) is 2. The van der Waals surface area contributed by atoms with Crippen LogP contribution in [0.1, 0.15) is 5.69 Å². The van der Waals surface area contributed by atoms with Crippen molar-refractivity contribution in [1.29, 1.82) is 0 Å². The second-order valence-electron chi connectivity index (χ2n) is 8.22. The zero-order valence-corrected chi connectivity index (χ0v) is 20.8. The highest BCUT2D eigenvalue weighted by atomic mass is 127. The molecule has 2 N–H and O–H groups in total. The summed E-state index contributed by atoms with van der Waals surface area (Å²) in [6.07, 6.45) is 1.94. The molecule has 1 saturated heterocycles. The molecule has 1 fully saturated rings. The van der Waals surface area contributed by atoms with Crippen LogP contribution in [0.3, 0.4) is 0 Å². The molecule has 0 unspecified atom stereocenters. The molecule has 34 heavy (non-hydrogen) atoms. The molecule has 6 nitrogen and oxygen atoms in total. The van der Waals surface area contributed by atoms with Crippen LogP contribution in [0.25, 0.3) is 21.9 Å². The predicted molar refractivity (Wildman–Crippen MR) is 145 cm³/mol. The van der Waals surface area contributed by atoms with Gasteiger partial charge in [-0.05, 0) is 63.9 Å². The number of carbonyl (C=O) groups is 1. The van der Waals surface area contributed by atoms with Crippen LogP contribution in [-0.4, -0.2) is 42.2 Å². The van der Waals surface area contributed by atoms with Crippen molar-refractivity contribution in [2.75, 3.05) is 36.9 Å². The van der Waals surface area contributed by atoms with E-state index in [2.05, 4.69) is 56.3 Å². The van der Waals surface area contributed by atoms with Crippen LogP contribution in [0.4, 0.5) is 16.2 Å². The second kappa shape index (κ2) is 10.5. The summed E-state index contributed by atoms with van der Waals surface area (Å²) in [5.74, 6) is 0. The van der Waals surface area contributed by atoms with Crippen LogP contribution in [-0.2, 0) is 11.3 Å². The van der Waals surface area contributed by atoms with Crippen molar-refractivity contribution < 1.29 is 9.53 Å². The van der Waals surface area contributed by atoms with Gasteiger partial charge in [-0.1, -0.05) is 42.5 Å². The maximum absolute atomic E-state index is 12.6. The zero-order chi connectivity index (χ0) is 23.3. The molecule has 2 heterocycles. The Kier molecular flexibility index (Phi) is 7.03. The third-order valence-electron chi connectivity index (χ3n) is 5.88. The number of fused-ring (bicyclic) bond motifs is 1. The summed E-state index contributed by atoms with van der Waals surface area (Å²) in [7, 11) is 0. The molecule has 7 heteroatoms. The van der Waals surface area contributed by atoms with Gasteiger partial charge < -0.3 is 15.4 Å². The van der Waals surface area contributed by atoms with Crippen LogP contribution in [0.15, 0.2) is 79.0 Å². The molecular formula is C27H25IN4O2. The van der Waals surface area contributed by atoms with E-state index in [9.17, 15) is 4.79 Å². The normalized spacial score (nSPS) is 14.1. The largest absolute Gasteiger partial charge is 0.379 e. The Bertz CT molecular complexity index is 1300. The molecule has 2 amide bonds. The highest BCUT2D eigenvalue weighted by Crippen LogP contribution is 2.33. The number of benzene rings is 3. The molecule has 5 rings (SSSR count). The van der Waals surface area contributed by atoms with Gasteiger partial charge in [-0.2, -0.15) is 0 Å². The van der Waals surface area contributed by atoms with Gasteiger partial charge in [0, 0.05) is 46.0 Å². The van der Waals surface area contributed by atoms with Crippen molar-refractivity contribution in [2.24, 2.45) is 0 Å². The lowest BCUT2D eigenvalue weighted by Crippen LogP contribution is -2.35. The number of hydrogen-bond donors (Lipinski definition) is 2. The number of pyridine rings is 1. The highest BCUT2D eigenvalue weighted by molar-refractivity contribution is 14.1. The maximum Gasteiger partial charge on any atom is 0.323 e. The Balaban J connectivity index is 1.36. The molecular weight excluding hydrogens is 539 g/mol. The van der Waals surface area contributed by atoms with Crippen LogP contribution >= 0.6 is 22.6 Å². The second-order valence-corrected chi connectivity index (χ2v) is 9.47. The monoisotopic (exact) mass is 564 g/mol. The number of ether oxygens (including phenoxy) is 1. The van der Waals surface area contributed by atoms with Crippen LogP contribution < -0.4 is 10.6 Å². The fourth-order valence-electron chi connectivity index (χ4n) is 4.18. The van der Waals surface area contributed by atoms with Crippen molar-refractivity contribution in [3.05, 3.63) is 88.3 Å². The Hall–Kier alpha value is -3.01. The number of rotatable bonds is 5. The van der Waals surface area contributed by atoms with E-state index in [1.54, 1.807) is 0 Å². The number of morpholine rings is 1. The Morgan fingerprint density at radius 2 is 1.76 bits per heavy atom. The minimum Gasteiger partial charge on any atom is -0.379 e. The van der Waals surface area contributed by atoms with Crippen molar-refractivity contribution >= 4 is 50.8 Å². The number of hydrogen-bond acceptors (Lipinski definition) is 4. The highest BCUT2D eigenvalue weighted by Gasteiger charge is 2.13. The number of halogens is 1. The summed E-state index contributed by atoms with van der Waals surface area (Å²) in [5, 5.41) is 7.96. The summed E-state index contributed by atoms with van der Waals surface area (Å²) in [6.45, 7) is 4.29. The summed E-state index contributed by atoms with van der Waals surface area (Å²) in [6, 6.07) is 23.8. The number of carbonyl (C=O) groups excluding carboxylic acids is 1. The van der Waals surface area contributed by atoms with E-state index in [0.29, 0.717) is 0 Å². The summed E-state index contributed by atoms with van der Waals surface area (Å²) < 4.78 is 6.50. The third kappa shape index (κ3) is 5.38. The summed E-state index contributed by atoms with van der Waals surface area (Å²) >= 11 is 2.23. The van der Waals surface area contributed by atoms with E-state index in [-0.39, 0.29) is 6.03 Å². The summed E-state index contributed by atoms with van der Waals surface area (Å²) in [5.41, 5.74) is 4.72. The number of amides is 2. The van der Waals surface area contributed by atoms with Crippen molar-refractivity contribution in [3.8, 4) is 11.1 Å². The molecule has 0 spiro atoms. The van der Waals surface area contributed by atoms with Crippen molar-refractivity contribution in [1.82, 2.24) is 9.88 Å². The molecule has 0 radical (unpaired) electrons. The molecule has 4 aromatic rings. The lowest BCUT2D eigenvalue weighted by Gasteiger charge is -2.26. The molecule has 0 aliphatic carbocycles.